The predicted molar refractivity (Wildman–Crippen MR) is 93.9 cm³/mol. The molecule has 2 aromatic carbocycles. The number of thiocarbonyl (C=S) groups is 1. The minimum atomic E-state index is -0.377. The molecule has 0 saturated heterocycles. The molecule has 0 aromatic heterocycles. The molecule has 5 nitrogen and oxygen atoms in total. The Hall–Kier alpha value is -2.60. The van der Waals surface area contributed by atoms with Crippen molar-refractivity contribution >= 4 is 28.9 Å². The fraction of sp³-hybridized carbons (Fsp3) is 0.176. The van der Waals surface area contributed by atoms with Crippen molar-refractivity contribution in [3.8, 4) is 11.5 Å². The Morgan fingerprint density at radius 1 is 1.22 bits per heavy atom. The quantitative estimate of drug-likeness (QED) is 0.594. The largest absolute Gasteiger partial charge is 0.506 e. The molecule has 0 unspecified atom stereocenters. The van der Waals surface area contributed by atoms with E-state index in [2.05, 4.69) is 10.6 Å². The van der Waals surface area contributed by atoms with Crippen LogP contribution in [0.4, 0.5) is 5.69 Å². The number of carbonyl (C=O) groups excluding carboxylic acids is 1. The fourth-order valence-electron chi connectivity index (χ4n) is 2.00. The van der Waals surface area contributed by atoms with Crippen LogP contribution in [0, 0.1) is 13.8 Å². The van der Waals surface area contributed by atoms with Gasteiger partial charge in [-0.05, 0) is 49.8 Å². The maximum atomic E-state index is 11.9. The van der Waals surface area contributed by atoms with Crippen molar-refractivity contribution in [3.05, 3.63) is 53.6 Å². The number of amides is 1. The molecule has 6 heteroatoms. The summed E-state index contributed by atoms with van der Waals surface area (Å²) in [5, 5.41) is 15.0. The van der Waals surface area contributed by atoms with Gasteiger partial charge in [-0.25, -0.2) is 0 Å². The minimum Gasteiger partial charge on any atom is -0.506 e. The highest BCUT2D eigenvalue weighted by Crippen LogP contribution is 2.21. The molecule has 0 bridgehead atoms. The summed E-state index contributed by atoms with van der Waals surface area (Å²) in [6, 6.07) is 12.4. The molecule has 2 rings (SSSR count). The van der Waals surface area contributed by atoms with Gasteiger partial charge in [-0.3, -0.25) is 10.1 Å². The number of carbonyl (C=O) groups is 1. The summed E-state index contributed by atoms with van der Waals surface area (Å²) in [6.45, 7) is 3.77. The van der Waals surface area contributed by atoms with Gasteiger partial charge in [0.25, 0.3) is 5.91 Å². The maximum absolute atomic E-state index is 11.9. The van der Waals surface area contributed by atoms with Crippen molar-refractivity contribution in [1.29, 1.82) is 0 Å². The summed E-state index contributed by atoms with van der Waals surface area (Å²) >= 11 is 5.04. The van der Waals surface area contributed by atoms with Crippen molar-refractivity contribution in [2.45, 2.75) is 13.8 Å². The highest BCUT2D eigenvalue weighted by molar-refractivity contribution is 7.80. The number of para-hydroxylation sites is 2. The average molecular weight is 330 g/mol. The number of aromatic hydroxyl groups is 1. The van der Waals surface area contributed by atoms with Crippen molar-refractivity contribution in [1.82, 2.24) is 5.32 Å². The second-order valence-corrected chi connectivity index (χ2v) is 5.49. The third kappa shape index (κ3) is 4.96. The molecule has 0 aliphatic rings. The molecule has 2 aromatic rings. The van der Waals surface area contributed by atoms with Gasteiger partial charge >= 0.3 is 0 Å². The van der Waals surface area contributed by atoms with Crippen molar-refractivity contribution in [2.75, 3.05) is 11.9 Å². The van der Waals surface area contributed by atoms with E-state index < -0.39 is 0 Å². The predicted octanol–water partition coefficient (Wildman–Crippen LogP) is 2.90. The van der Waals surface area contributed by atoms with E-state index >= 15 is 0 Å². The van der Waals surface area contributed by atoms with Gasteiger partial charge in [0, 0.05) is 0 Å². The molecule has 0 heterocycles. The van der Waals surface area contributed by atoms with Crippen LogP contribution in [0.1, 0.15) is 11.1 Å². The van der Waals surface area contributed by atoms with Crippen LogP contribution in [-0.2, 0) is 4.79 Å². The van der Waals surface area contributed by atoms with Gasteiger partial charge in [-0.2, -0.15) is 0 Å². The molecule has 0 aliphatic carbocycles. The molecule has 0 aliphatic heterocycles. The molecule has 23 heavy (non-hydrogen) atoms. The second-order valence-electron chi connectivity index (χ2n) is 5.08. The lowest BCUT2D eigenvalue weighted by molar-refractivity contribution is -0.121. The molecular weight excluding hydrogens is 312 g/mol. The highest BCUT2D eigenvalue weighted by Gasteiger charge is 2.08. The molecular formula is C17H18N2O3S. The van der Waals surface area contributed by atoms with E-state index in [0.717, 1.165) is 11.1 Å². The standard InChI is InChI=1S/C17H18N2O3S/c1-11-7-8-15(12(2)9-11)22-10-16(21)19-17(23)18-13-5-3-4-6-14(13)20/h3-9,20H,10H2,1-2H3,(H2,18,19,21,23). The molecule has 0 atom stereocenters. The van der Waals surface area contributed by atoms with Crippen molar-refractivity contribution < 1.29 is 14.6 Å². The van der Waals surface area contributed by atoms with Crippen LogP contribution in [0.3, 0.4) is 0 Å². The fourth-order valence-corrected chi connectivity index (χ4v) is 2.22. The van der Waals surface area contributed by atoms with Crippen molar-refractivity contribution in [3.63, 3.8) is 0 Å². The van der Waals surface area contributed by atoms with Gasteiger partial charge in [0.1, 0.15) is 11.5 Å². The Balaban J connectivity index is 1.85. The van der Waals surface area contributed by atoms with E-state index in [9.17, 15) is 9.90 Å². The molecule has 0 saturated carbocycles. The van der Waals surface area contributed by atoms with E-state index in [4.69, 9.17) is 17.0 Å². The highest BCUT2D eigenvalue weighted by atomic mass is 32.1. The van der Waals surface area contributed by atoms with E-state index in [-0.39, 0.29) is 23.4 Å². The number of benzene rings is 2. The second kappa shape index (κ2) is 7.60. The van der Waals surface area contributed by atoms with Gasteiger partial charge < -0.3 is 15.2 Å². The average Bonchev–Trinajstić information content (AvgIpc) is 2.48. The van der Waals surface area contributed by atoms with Crippen LogP contribution in [-0.4, -0.2) is 22.7 Å². The summed E-state index contributed by atoms with van der Waals surface area (Å²) in [4.78, 5) is 11.9. The first-order chi connectivity index (χ1) is 11.0. The van der Waals surface area contributed by atoms with Crippen LogP contribution in [0.2, 0.25) is 0 Å². The molecule has 0 spiro atoms. The molecule has 0 fully saturated rings. The van der Waals surface area contributed by atoms with Gasteiger partial charge in [0.15, 0.2) is 11.7 Å². The smallest absolute Gasteiger partial charge is 0.264 e. The lowest BCUT2D eigenvalue weighted by Gasteiger charge is -2.12. The van der Waals surface area contributed by atoms with Crippen molar-refractivity contribution in [2.24, 2.45) is 0 Å². The zero-order chi connectivity index (χ0) is 16.8. The number of ether oxygens (including phenoxy) is 1. The Bertz CT molecular complexity index is 732. The van der Waals surface area contributed by atoms with E-state index in [1.807, 2.05) is 32.0 Å². The number of anilines is 1. The number of nitrogens with one attached hydrogen (secondary N) is 2. The first-order valence-electron chi connectivity index (χ1n) is 7.04. The maximum Gasteiger partial charge on any atom is 0.264 e. The monoisotopic (exact) mass is 330 g/mol. The van der Waals surface area contributed by atoms with E-state index in [1.54, 1.807) is 18.2 Å². The van der Waals surface area contributed by atoms with Gasteiger partial charge in [-0.1, -0.05) is 29.8 Å². The van der Waals surface area contributed by atoms with Crippen LogP contribution in [0.5, 0.6) is 11.5 Å². The summed E-state index contributed by atoms with van der Waals surface area (Å²) in [5.74, 6) is 0.332. The van der Waals surface area contributed by atoms with Gasteiger partial charge in [0.2, 0.25) is 0 Å². The number of phenolic OH excluding ortho intramolecular Hbond substituents is 1. The minimum absolute atomic E-state index is 0.0515. The first-order valence-corrected chi connectivity index (χ1v) is 7.45. The number of hydrogen-bond acceptors (Lipinski definition) is 4. The molecule has 120 valence electrons. The Labute approximate surface area is 140 Å². The van der Waals surface area contributed by atoms with E-state index in [1.165, 1.54) is 6.07 Å². The number of rotatable bonds is 4. The van der Waals surface area contributed by atoms with Gasteiger partial charge in [-0.15, -0.1) is 0 Å². The van der Waals surface area contributed by atoms with Crippen LogP contribution in [0.15, 0.2) is 42.5 Å². The molecule has 0 radical (unpaired) electrons. The number of phenols is 1. The Morgan fingerprint density at radius 2 is 1.96 bits per heavy atom. The summed E-state index contributed by atoms with van der Waals surface area (Å²) in [5.41, 5.74) is 2.52. The lowest BCUT2D eigenvalue weighted by atomic mass is 10.1. The van der Waals surface area contributed by atoms with Crippen LogP contribution < -0.4 is 15.4 Å². The zero-order valence-electron chi connectivity index (χ0n) is 12.9. The Morgan fingerprint density at radius 3 is 2.65 bits per heavy atom. The summed E-state index contributed by atoms with van der Waals surface area (Å²) in [7, 11) is 0. The number of aryl methyl sites for hydroxylation is 2. The first kappa shape index (κ1) is 16.8. The summed E-state index contributed by atoms with van der Waals surface area (Å²) < 4.78 is 5.48. The summed E-state index contributed by atoms with van der Waals surface area (Å²) in [6.07, 6.45) is 0. The molecule has 3 N–H and O–H groups in total. The van der Waals surface area contributed by atoms with Gasteiger partial charge in [0.05, 0.1) is 5.69 Å². The Kier molecular flexibility index (Phi) is 5.54. The van der Waals surface area contributed by atoms with E-state index in [0.29, 0.717) is 11.4 Å². The third-order valence-electron chi connectivity index (χ3n) is 3.09. The normalized spacial score (nSPS) is 10.0. The SMILES string of the molecule is Cc1ccc(OCC(=O)NC(=S)Nc2ccccc2O)c(C)c1. The lowest BCUT2D eigenvalue weighted by Crippen LogP contribution is -2.37. The third-order valence-corrected chi connectivity index (χ3v) is 3.30. The topological polar surface area (TPSA) is 70.6 Å². The van der Waals surface area contributed by atoms with Crippen LogP contribution >= 0.6 is 12.2 Å². The number of hydrogen-bond donors (Lipinski definition) is 3. The van der Waals surface area contributed by atoms with Crippen LogP contribution in [0.25, 0.3) is 0 Å². The zero-order valence-corrected chi connectivity index (χ0v) is 13.7. The molecule has 1 amide bonds.